The molecular formula is C14H23N3O2. The van der Waals surface area contributed by atoms with Gasteiger partial charge < -0.3 is 4.42 Å². The van der Waals surface area contributed by atoms with Crippen molar-refractivity contribution in [2.45, 2.75) is 46.2 Å². The number of carbonyl (C=O) groups is 1. The van der Waals surface area contributed by atoms with Crippen molar-refractivity contribution < 1.29 is 9.21 Å². The molecule has 0 spiro atoms. The van der Waals surface area contributed by atoms with Crippen molar-refractivity contribution in [3.63, 3.8) is 0 Å². The van der Waals surface area contributed by atoms with E-state index < -0.39 is 0 Å². The van der Waals surface area contributed by atoms with Crippen LogP contribution in [0.2, 0.25) is 0 Å². The molecule has 106 valence electrons. The number of hydrogen-bond donors (Lipinski definition) is 2. The average molecular weight is 265 g/mol. The number of piperidine rings is 1. The number of hydrazine groups is 1. The van der Waals surface area contributed by atoms with Crippen molar-refractivity contribution in [2.75, 3.05) is 6.54 Å². The van der Waals surface area contributed by atoms with Crippen LogP contribution in [-0.2, 0) is 6.54 Å². The molecule has 0 saturated carbocycles. The molecule has 1 aromatic rings. The van der Waals surface area contributed by atoms with Crippen LogP contribution in [0.15, 0.2) is 10.5 Å². The Bertz CT molecular complexity index is 456. The van der Waals surface area contributed by atoms with Gasteiger partial charge in [-0.3, -0.25) is 15.1 Å². The number of amides is 1. The molecule has 5 heteroatoms. The molecule has 2 rings (SSSR count). The minimum Gasteiger partial charge on any atom is -0.464 e. The maximum Gasteiger partial charge on any atom is 0.268 e. The first-order valence-corrected chi connectivity index (χ1v) is 6.85. The van der Waals surface area contributed by atoms with E-state index in [1.807, 2.05) is 0 Å². The Morgan fingerprint density at radius 3 is 2.95 bits per heavy atom. The number of aryl methyl sites for hydroxylation is 1. The molecule has 19 heavy (non-hydrogen) atoms. The van der Waals surface area contributed by atoms with Crippen molar-refractivity contribution in [2.24, 2.45) is 11.8 Å². The highest BCUT2D eigenvalue weighted by molar-refractivity contribution is 5.94. The fourth-order valence-corrected chi connectivity index (χ4v) is 2.73. The number of nitrogens with one attached hydrogen (secondary N) is 1. The van der Waals surface area contributed by atoms with Gasteiger partial charge in [0.1, 0.15) is 11.5 Å². The zero-order valence-electron chi connectivity index (χ0n) is 11.9. The molecule has 1 fully saturated rings. The van der Waals surface area contributed by atoms with Crippen molar-refractivity contribution in [3.8, 4) is 0 Å². The third-order valence-electron chi connectivity index (χ3n) is 3.95. The van der Waals surface area contributed by atoms with Crippen LogP contribution in [0.1, 0.15) is 48.6 Å². The summed E-state index contributed by atoms with van der Waals surface area (Å²) in [7, 11) is 0. The van der Waals surface area contributed by atoms with Crippen molar-refractivity contribution >= 4 is 5.91 Å². The molecule has 3 N–H and O–H groups in total. The lowest BCUT2D eigenvalue weighted by Crippen LogP contribution is -2.40. The van der Waals surface area contributed by atoms with Crippen LogP contribution in [0.5, 0.6) is 0 Å². The second-order valence-corrected chi connectivity index (χ2v) is 5.62. The molecule has 2 heterocycles. The standard InChI is InChI=1S/C14H23N3O2/c1-9-4-5-10(2)17(7-9)8-12-6-13(11(3)19-12)14(18)16-15/h6,9-10H,4-5,7-8,15H2,1-3H3,(H,16,18). The van der Waals surface area contributed by atoms with Crippen LogP contribution < -0.4 is 11.3 Å². The molecule has 0 radical (unpaired) electrons. The molecule has 1 saturated heterocycles. The SMILES string of the molecule is Cc1oc(CN2CC(C)CCC2C)cc1C(=O)NN. The van der Waals surface area contributed by atoms with Gasteiger partial charge in [0.05, 0.1) is 12.1 Å². The van der Waals surface area contributed by atoms with Crippen LogP contribution in [0.4, 0.5) is 0 Å². The topological polar surface area (TPSA) is 71.5 Å². The van der Waals surface area contributed by atoms with Crippen molar-refractivity contribution in [3.05, 3.63) is 23.2 Å². The van der Waals surface area contributed by atoms with Crippen LogP contribution >= 0.6 is 0 Å². The van der Waals surface area contributed by atoms with E-state index in [0.717, 1.165) is 24.8 Å². The van der Waals surface area contributed by atoms with Crippen LogP contribution in [0.3, 0.4) is 0 Å². The quantitative estimate of drug-likeness (QED) is 0.497. The monoisotopic (exact) mass is 265 g/mol. The lowest BCUT2D eigenvalue weighted by Gasteiger charge is -2.36. The lowest BCUT2D eigenvalue weighted by atomic mass is 9.95. The fourth-order valence-electron chi connectivity index (χ4n) is 2.73. The summed E-state index contributed by atoms with van der Waals surface area (Å²) in [6.45, 7) is 8.15. The number of carbonyl (C=O) groups excluding carboxylic acids is 1. The smallest absolute Gasteiger partial charge is 0.268 e. The lowest BCUT2D eigenvalue weighted by molar-refractivity contribution is 0.0952. The first-order valence-electron chi connectivity index (χ1n) is 6.85. The number of likely N-dealkylation sites (tertiary alicyclic amines) is 1. The highest BCUT2D eigenvalue weighted by Crippen LogP contribution is 2.24. The van der Waals surface area contributed by atoms with E-state index in [-0.39, 0.29) is 5.91 Å². The summed E-state index contributed by atoms with van der Waals surface area (Å²) in [6, 6.07) is 2.36. The molecule has 1 aromatic heterocycles. The zero-order chi connectivity index (χ0) is 14.0. The van der Waals surface area contributed by atoms with Crippen LogP contribution in [-0.4, -0.2) is 23.4 Å². The number of nitrogens with two attached hydrogens (primary N) is 1. The summed E-state index contributed by atoms with van der Waals surface area (Å²) in [6.07, 6.45) is 2.51. The molecule has 2 unspecified atom stereocenters. The molecule has 5 nitrogen and oxygen atoms in total. The Morgan fingerprint density at radius 2 is 2.26 bits per heavy atom. The zero-order valence-corrected chi connectivity index (χ0v) is 11.9. The van der Waals surface area contributed by atoms with Gasteiger partial charge in [0.2, 0.25) is 0 Å². The summed E-state index contributed by atoms with van der Waals surface area (Å²) in [5.41, 5.74) is 2.67. The largest absolute Gasteiger partial charge is 0.464 e. The van der Waals surface area contributed by atoms with Gasteiger partial charge in [0, 0.05) is 12.6 Å². The Labute approximate surface area is 114 Å². The molecule has 1 amide bonds. The number of nitrogens with zero attached hydrogens (tertiary/aromatic N) is 1. The molecule has 2 atom stereocenters. The van der Waals surface area contributed by atoms with E-state index in [0.29, 0.717) is 17.4 Å². The van der Waals surface area contributed by atoms with Gasteiger partial charge in [-0.2, -0.15) is 0 Å². The first-order chi connectivity index (χ1) is 9.01. The molecule has 0 aromatic carbocycles. The summed E-state index contributed by atoms with van der Waals surface area (Å²) in [5.74, 6) is 7.03. The summed E-state index contributed by atoms with van der Waals surface area (Å²) in [5, 5.41) is 0. The maximum absolute atomic E-state index is 11.5. The van der Waals surface area contributed by atoms with E-state index in [1.165, 1.54) is 12.8 Å². The van der Waals surface area contributed by atoms with Gasteiger partial charge in [-0.25, -0.2) is 5.84 Å². The minimum atomic E-state index is -0.299. The Balaban J connectivity index is 2.08. The van der Waals surface area contributed by atoms with Gasteiger partial charge >= 0.3 is 0 Å². The molecule has 1 aliphatic rings. The number of hydrogen-bond acceptors (Lipinski definition) is 4. The third kappa shape index (κ3) is 3.16. The highest BCUT2D eigenvalue weighted by Gasteiger charge is 2.24. The van der Waals surface area contributed by atoms with Crippen molar-refractivity contribution in [1.29, 1.82) is 0 Å². The van der Waals surface area contributed by atoms with Gasteiger partial charge in [0.25, 0.3) is 5.91 Å². The summed E-state index contributed by atoms with van der Waals surface area (Å²) < 4.78 is 5.67. The van der Waals surface area contributed by atoms with Crippen LogP contribution in [0.25, 0.3) is 0 Å². The normalized spacial score (nSPS) is 24.4. The predicted octanol–water partition coefficient (Wildman–Crippen LogP) is 1.81. The number of nitrogen functional groups attached to an aromatic ring is 1. The van der Waals surface area contributed by atoms with Crippen molar-refractivity contribution in [1.82, 2.24) is 10.3 Å². The van der Waals surface area contributed by atoms with Gasteiger partial charge in [0.15, 0.2) is 0 Å². The summed E-state index contributed by atoms with van der Waals surface area (Å²) in [4.78, 5) is 14.0. The van der Waals surface area contributed by atoms with Gasteiger partial charge in [-0.15, -0.1) is 0 Å². The van der Waals surface area contributed by atoms with Gasteiger partial charge in [-0.05, 0) is 38.7 Å². The van der Waals surface area contributed by atoms with Gasteiger partial charge in [-0.1, -0.05) is 6.92 Å². The predicted molar refractivity (Wildman–Crippen MR) is 73.4 cm³/mol. The van der Waals surface area contributed by atoms with Crippen LogP contribution in [0, 0.1) is 12.8 Å². The Kier molecular flexibility index (Phi) is 4.27. The second-order valence-electron chi connectivity index (χ2n) is 5.62. The summed E-state index contributed by atoms with van der Waals surface area (Å²) >= 11 is 0. The average Bonchev–Trinajstić information content (AvgIpc) is 2.74. The molecule has 0 aliphatic carbocycles. The Hall–Kier alpha value is -1.33. The maximum atomic E-state index is 11.5. The number of rotatable bonds is 3. The highest BCUT2D eigenvalue weighted by atomic mass is 16.3. The Morgan fingerprint density at radius 1 is 1.53 bits per heavy atom. The van der Waals surface area contributed by atoms with E-state index in [4.69, 9.17) is 10.3 Å². The first kappa shape index (κ1) is 14.1. The molecular weight excluding hydrogens is 242 g/mol. The fraction of sp³-hybridized carbons (Fsp3) is 0.643. The minimum absolute atomic E-state index is 0.299. The second kappa shape index (κ2) is 5.75. The van der Waals surface area contributed by atoms with E-state index in [2.05, 4.69) is 24.2 Å². The van der Waals surface area contributed by atoms with E-state index >= 15 is 0 Å². The van der Waals surface area contributed by atoms with E-state index in [1.54, 1.807) is 13.0 Å². The number of furan rings is 1. The molecule has 0 bridgehead atoms. The molecule has 1 aliphatic heterocycles. The van der Waals surface area contributed by atoms with E-state index in [9.17, 15) is 4.79 Å². The third-order valence-corrected chi connectivity index (χ3v) is 3.95.